The maximum Gasteiger partial charge on any atom is 0.267 e. The molecule has 0 radical (unpaired) electrons. The molecule has 0 bridgehead atoms. The van der Waals surface area contributed by atoms with E-state index in [0.29, 0.717) is 10.8 Å². The lowest BCUT2D eigenvalue weighted by Crippen LogP contribution is -1.95. The Balaban J connectivity index is 2.33. The summed E-state index contributed by atoms with van der Waals surface area (Å²) in [6.07, 6.45) is 4.28. The van der Waals surface area contributed by atoms with Crippen molar-refractivity contribution in [3.05, 3.63) is 35.0 Å². The van der Waals surface area contributed by atoms with Crippen molar-refractivity contribution in [1.29, 1.82) is 0 Å². The molecular formula is C10H7Cl2N3O2. The first kappa shape index (κ1) is 11.9. The van der Waals surface area contributed by atoms with Crippen LogP contribution in [0.15, 0.2) is 24.8 Å². The molecule has 0 fully saturated rings. The zero-order valence-corrected chi connectivity index (χ0v) is 10.2. The maximum atomic E-state index is 5.83. The topological polar surface area (TPSA) is 57.1 Å². The summed E-state index contributed by atoms with van der Waals surface area (Å²) in [5, 5.41) is 0.633. The van der Waals surface area contributed by atoms with Crippen LogP contribution in [0.3, 0.4) is 0 Å². The summed E-state index contributed by atoms with van der Waals surface area (Å²) in [7, 11) is 1.45. The minimum absolute atomic E-state index is 0.174. The molecule has 2 rings (SSSR count). The van der Waals surface area contributed by atoms with Gasteiger partial charge in [-0.25, -0.2) is 4.98 Å². The molecule has 2 aromatic rings. The fourth-order valence-electron chi connectivity index (χ4n) is 1.14. The van der Waals surface area contributed by atoms with Gasteiger partial charge in [0.25, 0.3) is 5.88 Å². The predicted octanol–water partition coefficient (Wildman–Crippen LogP) is 2.98. The first-order chi connectivity index (χ1) is 8.20. The SMILES string of the molecule is COc1c(Cl)ncnc1Oc1cncc(Cl)c1. The highest BCUT2D eigenvalue weighted by atomic mass is 35.5. The van der Waals surface area contributed by atoms with E-state index in [9.17, 15) is 0 Å². The van der Waals surface area contributed by atoms with Crippen LogP contribution in [-0.2, 0) is 0 Å². The molecule has 0 atom stereocenters. The third-order valence-corrected chi connectivity index (χ3v) is 2.30. The number of methoxy groups -OCH3 is 1. The smallest absolute Gasteiger partial charge is 0.267 e. The highest BCUT2D eigenvalue weighted by molar-refractivity contribution is 6.31. The standard InChI is InChI=1S/C10H7Cl2N3O2/c1-16-8-9(12)14-5-15-10(8)17-7-2-6(11)3-13-4-7/h2-5H,1H3. The average molecular weight is 272 g/mol. The van der Waals surface area contributed by atoms with E-state index in [-0.39, 0.29) is 16.8 Å². The molecule has 0 unspecified atom stereocenters. The van der Waals surface area contributed by atoms with Gasteiger partial charge in [-0.1, -0.05) is 23.2 Å². The number of halogens is 2. The second-order valence-electron chi connectivity index (χ2n) is 2.94. The number of nitrogens with zero attached hydrogens (tertiary/aromatic N) is 3. The van der Waals surface area contributed by atoms with Crippen LogP contribution in [0.5, 0.6) is 17.4 Å². The Kier molecular flexibility index (Phi) is 3.61. The normalized spacial score (nSPS) is 10.1. The zero-order chi connectivity index (χ0) is 12.3. The Hall–Kier alpha value is -1.59. The molecule has 0 aromatic carbocycles. The highest BCUT2D eigenvalue weighted by Crippen LogP contribution is 2.33. The van der Waals surface area contributed by atoms with Gasteiger partial charge in [0.2, 0.25) is 5.75 Å². The lowest BCUT2D eigenvalue weighted by molar-refractivity contribution is 0.367. The van der Waals surface area contributed by atoms with E-state index in [1.54, 1.807) is 6.07 Å². The molecule has 0 spiro atoms. The average Bonchev–Trinajstić information content (AvgIpc) is 2.29. The Labute approximate surface area is 107 Å². The van der Waals surface area contributed by atoms with E-state index >= 15 is 0 Å². The van der Waals surface area contributed by atoms with Crippen LogP contribution >= 0.6 is 23.2 Å². The van der Waals surface area contributed by atoms with Crippen molar-refractivity contribution in [3.63, 3.8) is 0 Å². The molecule has 0 aliphatic heterocycles. The molecule has 0 amide bonds. The minimum atomic E-state index is 0.174. The Morgan fingerprint density at radius 2 is 2.00 bits per heavy atom. The van der Waals surface area contributed by atoms with E-state index in [4.69, 9.17) is 32.7 Å². The number of ether oxygens (including phenoxy) is 2. The summed E-state index contributed by atoms with van der Waals surface area (Å²) in [6, 6.07) is 1.60. The first-order valence-electron chi connectivity index (χ1n) is 4.53. The molecule has 0 N–H and O–H groups in total. The largest absolute Gasteiger partial charge is 0.489 e. The van der Waals surface area contributed by atoms with Crippen molar-refractivity contribution in [2.24, 2.45) is 0 Å². The molecule has 17 heavy (non-hydrogen) atoms. The summed E-state index contributed by atoms with van der Waals surface area (Å²) in [5.41, 5.74) is 0. The quantitative estimate of drug-likeness (QED) is 0.804. The molecule has 0 saturated heterocycles. The van der Waals surface area contributed by atoms with E-state index in [1.807, 2.05) is 0 Å². The van der Waals surface area contributed by atoms with Gasteiger partial charge in [0, 0.05) is 12.3 Å². The van der Waals surface area contributed by atoms with Crippen molar-refractivity contribution in [3.8, 4) is 17.4 Å². The van der Waals surface area contributed by atoms with Crippen molar-refractivity contribution < 1.29 is 9.47 Å². The monoisotopic (exact) mass is 271 g/mol. The number of aromatic nitrogens is 3. The van der Waals surface area contributed by atoms with E-state index < -0.39 is 0 Å². The van der Waals surface area contributed by atoms with Crippen LogP contribution in [-0.4, -0.2) is 22.1 Å². The number of rotatable bonds is 3. The fraction of sp³-hybridized carbons (Fsp3) is 0.100. The summed E-state index contributed by atoms with van der Waals surface area (Å²) >= 11 is 11.6. The van der Waals surface area contributed by atoms with Gasteiger partial charge in [0.15, 0.2) is 5.15 Å². The highest BCUT2D eigenvalue weighted by Gasteiger charge is 2.12. The van der Waals surface area contributed by atoms with Crippen molar-refractivity contribution in [2.45, 2.75) is 0 Å². The molecule has 2 heterocycles. The van der Waals surface area contributed by atoms with E-state index in [1.165, 1.54) is 25.8 Å². The first-order valence-corrected chi connectivity index (χ1v) is 5.29. The summed E-state index contributed by atoms with van der Waals surface area (Å²) < 4.78 is 10.5. The number of hydrogen-bond acceptors (Lipinski definition) is 5. The lowest BCUT2D eigenvalue weighted by Gasteiger charge is -2.08. The van der Waals surface area contributed by atoms with Crippen LogP contribution in [0.2, 0.25) is 10.2 Å². The number of pyridine rings is 1. The molecule has 2 aromatic heterocycles. The summed E-state index contributed by atoms with van der Waals surface area (Å²) in [6.45, 7) is 0. The zero-order valence-electron chi connectivity index (χ0n) is 8.72. The summed E-state index contributed by atoms with van der Waals surface area (Å²) in [5.74, 6) is 0.899. The van der Waals surface area contributed by atoms with Crippen molar-refractivity contribution in [1.82, 2.24) is 15.0 Å². The second-order valence-corrected chi connectivity index (χ2v) is 3.74. The Morgan fingerprint density at radius 1 is 1.18 bits per heavy atom. The fourth-order valence-corrected chi connectivity index (χ4v) is 1.51. The molecule has 88 valence electrons. The maximum absolute atomic E-state index is 5.83. The molecule has 0 saturated carbocycles. The molecule has 0 aliphatic carbocycles. The predicted molar refractivity (Wildman–Crippen MR) is 62.9 cm³/mol. The van der Waals surface area contributed by atoms with Gasteiger partial charge in [-0.05, 0) is 0 Å². The van der Waals surface area contributed by atoms with Crippen LogP contribution in [0.4, 0.5) is 0 Å². The van der Waals surface area contributed by atoms with E-state index in [2.05, 4.69) is 15.0 Å². The molecular weight excluding hydrogens is 265 g/mol. The van der Waals surface area contributed by atoms with Crippen molar-refractivity contribution >= 4 is 23.2 Å². The van der Waals surface area contributed by atoms with Gasteiger partial charge in [-0.2, -0.15) is 4.98 Å². The van der Waals surface area contributed by atoms with E-state index in [0.717, 1.165) is 0 Å². The molecule has 7 heteroatoms. The van der Waals surface area contributed by atoms with Crippen LogP contribution in [0.1, 0.15) is 0 Å². The molecule has 5 nitrogen and oxygen atoms in total. The third-order valence-electron chi connectivity index (χ3n) is 1.83. The van der Waals surface area contributed by atoms with Crippen LogP contribution in [0, 0.1) is 0 Å². The van der Waals surface area contributed by atoms with Crippen molar-refractivity contribution in [2.75, 3.05) is 7.11 Å². The number of hydrogen-bond donors (Lipinski definition) is 0. The lowest BCUT2D eigenvalue weighted by atomic mass is 10.4. The van der Waals surface area contributed by atoms with Crippen LogP contribution in [0.25, 0.3) is 0 Å². The minimum Gasteiger partial charge on any atom is -0.489 e. The third kappa shape index (κ3) is 2.75. The van der Waals surface area contributed by atoms with Gasteiger partial charge in [0.1, 0.15) is 12.1 Å². The molecule has 0 aliphatic rings. The Morgan fingerprint density at radius 3 is 2.71 bits per heavy atom. The van der Waals surface area contributed by atoms with Gasteiger partial charge in [0.05, 0.1) is 18.3 Å². The summed E-state index contributed by atoms with van der Waals surface area (Å²) in [4.78, 5) is 11.6. The van der Waals surface area contributed by atoms with Gasteiger partial charge in [-0.15, -0.1) is 0 Å². The van der Waals surface area contributed by atoms with Gasteiger partial charge in [-0.3, -0.25) is 4.98 Å². The van der Waals surface area contributed by atoms with Gasteiger partial charge >= 0.3 is 0 Å². The second kappa shape index (κ2) is 5.16. The van der Waals surface area contributed by atoms with Crippen LogP contribution < -0.4 is 9.47 Å². The Bertz CT molecular complexity index is 537. The van der Waals surface area contributed by atoms with Gasteiger partial charge < -0.3 is 9.47 Å².